The monoisotopic (exact) mass is 485 g/mol. The average molecular weight is 486 g/mol. The van der Waals surface area contributed by atoms with E-state index in [0.29, 0.717) is 32.7 Å². The quantitative estimate of drug-likeness (QED) is 0.511. The summed E-state index contributed by atoms with van der Waals surface area (Å²) in [5.74, 6) is 0.786. The minimum atomic E-state index is -3.81. The SMILES string of the molecule is O=c1n(CCCNS(=O)(=O)c2ccc(S(=O)(=O)N3CCOCC3)cc2)nc2n1CCCC2. The third-order valence-corrected chi connectivity index (χ3v) is 9.00. The second-order valence-electron chi connectivity index (χ2n) is 7.77. The van der Waals surface area contributed by atoms with E-state index in [1.807, 2.05) is 0 Å². The first kappa shape index (κ1) is 23.1. The Morgan fingerprint density at radius 3 is 2.34 bits per heavy atom. The predicted octanol–water partition coefficient (Wildman–Crippen LogP) is -0.229. The van der Waals surface area contributed by atoms with Crippen molar-refractivity contribution in [3.8, 4) is 0 Å². The van der Waals surface area contributed by atoms with Crippen LogP contribution in [0.5, 0.6) is 0 Å². The van der Waals surface area contributed by atoms with Crippen LogP contribution in [-0.2, 0) is 44.3 Å². The molecule has 13 heteroatoms. The van der Waals surface area contributed by atoms with E-state index >= 15 is 0 Å². The molecule has 1 aromatic heterocycles. The van der Waals surface area contributed by atoms with Crippen LogP contribution in [0.4, 0.5) is 0 Å². The first-order valence-corrected chi connectivity index (χ1v) is 13.6. The predicted molar refractivity (Wildman–Crippen MR) is 115 cm³/mol. The molecular formula is C19H27N5O6S2. The van der Waals surface area contributed by atoms with E-state index in [-0.39, 0.29) is 35.1 Å². The number of ether oxygens (including phenoxy) is 1. The Hall–Kier alpha value is -2.06. The summed E-state index contributed by atoms with van der Waals surface area (Å²) in [4.78, 5) is 12.3. The van der Waals surface area contributed by atoms with Crippen molar-refractivity contribution in [1.29, 1.82) is 0 Å². The van der Waals surface area contributed by atoms with E-state index < -0.39 is 20.0 Å². The number of fused-ring (bicyclic) bond motifs is 1. The molecule has 32 heavy (non-hydrogen) atoms. The lowest BCUT2D eigenvalue weighted by Gasteiger charge is -2.26. The van der Waals surface area contributed by atoms with Crippen LogP contribution in [0.2, 0.25) is 0 Å². The average Bonchev–Trinajstić information content (AvgIpc) is 3.13. The minimum Gasteiger partial charge on any atom is -0.379 e. The molecule has 2 aliphatic heterocycles. The Morgan fingerprint density at radius 2 is 1.66 bits per heavy atom. The highest BCUT2D eigenvalue weighted by atomic mass is 32.2. The van der Waals surface area contributed by atoms with Gasteiger partial charge in [0.1, 0.15) is 5.82 Å². The first-order valence-electron chi connectivity index (χ1n) is 10.6. The summed E-state index contributed by atoms with van der Waals surface area (Å²) < 4.78 is 62.5. The molecule has 3 heterocycles. The summed E-state index contributed by atoms with van der Waals surface area (Å²) in [7, 11) is -7.49. The van der Waals surface area contributed by atoms with E-state index in [0.717, 1.165) is 25.1 Å². The van der Waals surface area contributed by atoms with Crippen LogP contribution in [-0.4, -0.2) is 68.3 Å². The van der Waals surface area contributed by atoms with Crippen molar-refractivity contribution < 1.29 is 21.6 Å². The zero-order valence-electron chi connectivity index (χ0n) is 17.6. The van der Waals surface area contributed by atoms with Crippen LogP contribution in [0.15, 0.2) is 38.9 Å². The van der Waals surface area contributed by atoms with Crippen molar-refractivity contribution in [2.75, 3.05) is 32.8 Å². The maximum absolute atomic E-state index is 12.7. The highest BCUT2D eigenvalue weighted by Crippen LogP contribution is 2.19. The van der Waals surface area contributed by atoms with Crippen LogP contribution in [0.1, 0.15) is 25.1 Å². The molecule has 4 rings (SSSR count). The molecule has 1 aromatic carbocycles. The molecule has 0 atom stereocenters. The topological polar surface area (TPSA) is 133 Å². The molecule has 1 N–H and O–H groups in total. The third kappa shape index (κ3) is 4.81. The second kappa shape index (κ2) is 9.43. The van der Waals surface area contributed by atoms with Crippen LogP contribution < -0.4 is 10.4 Å². The van der Waals surface area contributed by atoms with Gasteiger partial charge in [0, 0.05) is 39.1 Å². The van der Waals surface area contributed by atoms with E-state index in [9.17, 15) is 21.6 Å². The molecule has 0 aliphatic carbocycles. The van der Waals surface area contributed by atoms with Gasteiger partial charge in [0.15, 0.2) is 0 Å². The lowest BCUT2D eigenvalue weighted by molar-refractivity contribution is 0.0730. The van der Waals surface area contributed by atoms with Gasteiger partial charge in [-0.1, -0.05) is 0 Å². The Morgan fingerprint density at radius 1 is 0.969 bits per heavy atom. The maximum atomic E-state index is 12.7. The Kier molecular flexibility index (Phi) is 6.81. The van der Waals surface area contributed by atoms with Gasteiger partial charge in [-0.2, -0.15) is 9.40 Å². The highest BCUT2D eigenvalue weighted by Gasteiger charge is 2.27. The van der Waals surface area contributed by atoms with Gasteiger partial charge in [-0.25, -0.2) is 31.0 Å². The number of hydrogen-bond acceptors (Lipinski definition) is 7. The molecule has 0 bridgehead atoms. The largest absolute Gasteiger partial charge is 0.379 e. The van der Waals surface area contributed by atoms with E-state index in [1.54, 1.807) is 4.57 Å². The molecule has 0 radical (unpaired) electrons. The lowest BCUT2D eigenvalue weighted by Crippen LogP contribution is -2.40. The van der Waals surface area contributed by atoms with Crippen molar-refractivity contribution in [2.24, 2.45) is 0 Å². The van der Waals surface area contributed by atoms with Gasteiger partial charge in [-0.05, 0) is 43.5 Å². The third-order valence-electron chi connectivity index (χ3n) is 5.61. The maximum Gasteiger partial charge on any atom is 0.345 e. The zero-order valence-corrected chi connectivity index (χ0v) is 19.3. The van der Waals surface area contributed by atoms with Crippen molar-refractivity contribution >= 4 is 20.0 Å². The highest BCUT2D eigenvalue weighted by molar-refractivity contribution is 7.89. The molecule has 2 aromatic rings. The summed E-state index contributed by atoms with van der Waals surface area (Å²) in [6.07, 6.45) is 3.17. The number of nitrogens with zero attached hydrogens (tertiary/aromatic N) is 4. The molecule has 1 saturated heterocycles. The van der Waals surface area contributed by atoms with Crippen molar-refractivity contribution in [2.45, 2.75) is 48.6 Å². The van der Waals surface area contributed by atoms with Gasteiger partial charge in [0.2, 0.25) is 20.0 Å². The van der Waals surface area contributed by atoms with Gasteiger partial charge < -0.3 is 4.74 Å². The molecule has 1 fully saturated rings. The summed E-state index contributed by atoms with van der Waals surface area (Å²) in [5, 5.41) is 4.33. The van der Waals surface area contributed by atoms with Crippen LogP contribution in [0.3, 0.4) is 0 Å². The van der Waals surface area contributed by atoms with Gasteiger partial charge in [0.05, 0.1) is 23.0 Å². The number of sulfonamides is 2. The number of rotatable bonds is 8. The Bertz CT molecular complexity index is 1210. The first-order chi connectivity index (χ1) is 15.3. The summed E-state index contributed by atoms with van der Waals surface area (Å²) in [5.41, 5.74) is -0.153. The van der Waals surface area contributed by atoms with Crippen molar-refractivity contribution in [1.82, 2.24) is 23.4 Å². The number of aromatic nitrogens is 3. The van der Waals surface area contributed by atoms with E-state index in [1.165, 1.54) is 33.3 Å². The smallest absolute Gasteiger partial charge is 0.345 e. The fourth-order valence-electron chi connectivity index (χ4n) is 3.84. The normalized spacial score (nSPS) is 17.9. The van der Waals surface area contributed by atoms with Crippen LogP contribution in [0.25, 0.3) is 0 Å². The fraction of sp³-hybridized carbons (Fsp3) is 0.579. The lowest BCUT2D eigenvalue weighted by atomic mass is 10.2. The van der Waals surface area contributed by atoms with Crippen molar-refractivity contribution in [3.05, 3.63) is 40.6 Å². The number of morpholine rings is 1. The van der Waals surface area contributed by atoms with Crippen molar-refractivity contribution in [3.63, 3.8) is 0 Å². The second-order valence-corrected chi connectivity index (χ2v) is 11.5. The fourth-order valence-corrected chi connectivity index (χ4v) is 6.32. The number of aryl methyl sites for hydroxylation is 2. The molecule has 0 spiro atoms. The number of hydrogen-bond donors (Lipinski definition) is 1. The van der Waals surface area contributed by atoms with Crippen LogP contribution in [0, 0.1) is 0 Å². The van der Waals surface area contributed by atoms with E-state index in [4.69, 9.17) is 4.74 Å². The summed E-state index contributed by atoms with van der Waals surface area (Å²) in [6.45, 7) is 2.34. The molecule has 2 aliphatic rings. The summed E-state index contributed by atoms with van der Waals surface area (Å²) in [6, 6.07) is 5.16. The van der Waals surface area contributed by atoms with Gasteiger partial charge in [-0.3, -0.25) is 4.57 Å². The van der Waals surface area contributed by atoms with E-state index in [2.05, 4.69) is 9.82 Å². The van der Waals surface area contributed by atoms with Gasteiger partial charge in [0.25, 0.3) is 0 Å². The number of nitrogens with one attached hydrogen (secondary N) is 1. The molecule has 0 amide bonds. The number of benzene rings is 1. The molecule has 0 unspecified atom stereocenters. The Labute approximate surface area is 187 Å². The standard InChI is InChI=1S/C19H27N5O6S2/c25-19-23-10-2-1-4-18(23)21-24(19)11-3-9-20-31(26,27)16-5-7-17(8-6-16)32(28,29)22-12-14-30-15-13-22/h5-8,20H,1-4,9-15H2. The molecule has 0 saturated carbocycles. The molecule has 11 nitrogen and oxygen atoms in total. The minimum absolute atomic E-state index is 0.0203. The van der Waals surface area contributed by atoms with Crippen LogP contribution >= 0.6 is 0 Å². The Balaban J connectivity index is 1.34. The zero-order chi connectivity index (χ0) is 22.8. The van der Waals surface area contributed by atoms with Gasteiger partial charge in [-0.15, -0.1) is 0 Å². The molecular weight excluding hydrogens is 458 g/mol. The van der Waals surface area contributed by atoms with Gasteiger partial charge >= 0.3 is 5.69 Å². The summed E-state index contributed by atoms with van der Waals surface area (Å²) >= 11 is 0. The molecule has 176 valence electrons.